The maximum absolute atomic E-state index is 12.0. The van der Waals surface area contributed by atoms with Crippen molar-refractivity contribution < 1.29 is 9.53 Å². The van der Waals surface area contributed by atoms with Crippen LogP contribution in [-0.2, 0) is 9.53 Å². The van der Waals surface area contributed by atoms with E-state index in [9.17, 15) is 4.79 Å². The predicted octanol–water partition coefficient (Wildman–Crippen LogP) is 1.38. The van der Waals surface area contributed by atoms with Gasteiger partial charge in [-0.2, -0.15) is 0 Å². The molecule has 1 amide bonds. The lowest BCUT2D eigenvalue weighted by Crippen LogP contribution is -2.40. The molecule has 2 rings (SSSR count). The SMILES string of the molecule is Cc1cc(N(C)C)ccc1NC(=O)CC1CNCCO1. The van der Waals surface area contributed by atoms with E-state index in [0.29, 0.717) is 13.0 Å². The lowest BCUT2D eigenvalue weighted by molar-refractivity contribution is -0.119. The number of ether oxygens (including phenoxy) is 1. The first kappa shape index (κ1) is 14.8. The normalized spacial score (nSPS) is 18.6. The number of hydrogen-bond donors (Lipinski definition) is 2. The monoisotopic (exact) mass is 277 g/mol. The second-order valence-electron chi connectivity index (χ2n) is 5.34. The molecule has 1 heterocycles. The zero-order chi connectivity index (χ0) is 14.5. The van der Waals surface area contributed by atoms with Crippen LogP contribution in [0.5, 0.6) is 0 Å². The molecular formula is C15H23N3O2. The van der Waals surface area contributed by atoms with Gasteiger partial charge in [-0.25, -0.2) is 0 Å². The number of anilines is 2. The zero-order valence-electron chi connectivity index (χ0n) is 12.4. The van der Waals surface area contributed by atoms with Crippen LogP contribution in [0, 0.1) is 6.92 Å². The molecule has 20 heavy (non-hydrogen) atoms. The van der Waals surface area contributed by atoms with Crippen LogP contribution in [0.15, 0.2) is 18.2 Å². The molecule has 0 spiro atoms. The minimum Gasteiger partial charge on any atom is -0.378 e. The van der Waals surface area contributed by atoms with Crippen LogP contribution in [0.1, 0.15) is 12.0 Å². The van der Waals surface area contributed by atoms with Crippen LogP contribution in [-0.4, -0.2) is 45.8 Å². The van der Waals surface area contributed by atoms with Crippen molar-refractivity contribution in [3.8, 4) is 0 Å². The highest BCUT2D eigenvalue weighted by Gasteiger charge is 2.17. The molecule has 5 nitrogen and oxygen atoms in total. The summed E-state index contributed by atoms with van der Waals surface area (Å²) in [4.78, 5) is 14.1. The van der Waals surface area contributed by atoms with Gasteiger partial charge in [-0.3, -0.25) is 4.79 Å². The van der Waals surface area contributed by atoms with Gasteiger partial charge in [0.25, 0.3) is 0 Å². The molecule has 1 unspecified atom stereocenters. The summed E-state index contributed by atoms with van der Waals surface area (Å²) in [5.74, 6) is -0.000553. The lowest BCUT2D eigenvalue weighted by atomic mass is 10.1. The summed E-state index contributed by atoms with van der Waals surface area (Å²) in [5.41, 5.74) is 3.05. The Bertz CT molecular complexity index is 468. The Balaban J connectivity index is 1.93. The first-order valence-corrected chi connectivity index (χ1v) is 6.96. The molecule has 1 aliphatic rings. The Hall–Kier alpha value is -1.59. The van der Waals surface area contributed by atoms with Crippen LogP contribution in [0.2, 0.25) is 0 Å². The van der Waals surface area contributed by atoms with Crippen LogP contribution in [0.4, 0.5) is 11.4 Å². The van der Waals surface area contributed by atoms with E-state index in [1.165, 1.54) is 0 Å². The summed E-state index contributed by atoms with van der Waals surface area (Å²) in [7, 11) is 4.00. The van der Waals surface area contributed by atoms with E-state index in [2.05, 4.69) is 16.7 Å². The molecule has 1 atom stereocenters. The van der Waals surface area contributed by atoms with Crippen molar-refractivity contribution in [3.05, 3.63) is 23.8 Å². The average molecular weight is 277 g/mol. The summed E-state index contributed by atoms with van der Waals surface area (Å²) < 4.78 is 5.54. The van der Waals surface area contributed by atoms with Crippen molar-refractivity contribution in [2.75, 3.05) is 44.0 Å². The van der Waals surface area contributed by atoms with Crippen molar-refractivity contribution in [3.63, 3.8) is 0 Å². The van der Waals surface area contributed by atoms with Crippen LogP contribution >= 0.6 is 0 Å². The minimum atomic E-state index is -0.0231. The van der Waals surface area contributed by atoms with E-state index in [4.69, 9.17) is 4.74 Å². The fourth-order valence-electron chi connectivity index (χ4n) is 2.23. The average Bonchev–Trinajstić information content (AvgIpc) is 2.42. The summed E-state index contributed by atoms with van der Waals surface area (Å²) in [5, 5.41) is 6.18. The van der Waals surface area contributed by atoms with Crippen molar-refractivity contribution in [2.24, 2.45) is 0 Å². The third-order valence-corrected chi connectivity index (χ3v) is 3.42. The first-order valence-electron chi connectivity index (χ1n) is 6.96. The fourth-order valence-corrected chi connectivity index (χ4v) is 2.23. The van der Waals surface area contributed by atoms with E-state index in [-0.39, 0.29) is 12.0 Å². The van der Waals surface area contributed by atoms with Crippen molar-refractivity contribution in [1.82, 2.24) is 5.32 Å². The highest BCUT2D eigenvalue weighted by Crippen LogP contribution is 2.21. The third kappa shape index (κ3) is 3.95. The highest BCUT2D eigenvalue weighted by molar-refractivity contribution is 5.92. The van der Waals surface area contributed by atoms with Gasteiger partial charge in [0.2, 0.25) is 5.91 Å². The standard InChI is InChI=1S/C15H23N3O2/c1-11-8-12(18(2)3)4-5-14(11)17-15(19)9-13-10-16-6-7-20-13/h4-5,8,13,16H,6-7,9-10H2,1-3H3,(H,17,19). The van der Waals surface area contributed by atoms with E-state index in [1.807, 2.05) is 38.1 Å². The first-order chi connectivity index (χ1) is 9.56. The Morgan fingerprint density at radius 1 is 1.50 bits per heavy atom. The molecule has 0 aromatic heterocycles. The van der Waals surface area contributed by atoms with Crippen molar-refractivity contribution >= 4 is 17.3 Å². The predicted molar refractivity (Wildman–Crippen MR) is 81.4 cm³/mol. The maximum atomic E-state index is 12.0. The number of morpholine rings is 1. The molecule has 0 aliphatic carbocycles. The van der Waals surface area contributed by atoms with Gasteiger partial charge in [0.05, 0.1) is 19.1 Å². The smallest absolute Gasteiger partial charge is 0.227 e. The molecule has 1 saturated heterocycles. The number of nitrogens with one attached hydrogen (secondary N) is 2. The molecule has 110 valence electrons. The van der Waals surface area contributed by atoms with Crippen LogP contribution in [0.3, 0.4) is 0 Å². The van der Waals surface area contributed by atoms with Gasteiger partial charge in [0.1, 0.15) is 0 Å². The van der Waals surface area contributed by atoms with Crippen LogP contribution in [0.25, 0.3) is 0 Å². The zero-order valence-corrected chi connectivity index (χ0v) is 12.4. The quantitative estimate of drug-likeness (QED) is 0.873. The number of carbonyl (C=O) groups is 1. The molecule has 1 aromatic rings. The second-order valence-corrected chi connectivity index (χ2v) is 5.34. The highest BCUT2D eigenvalue weighted by atomic mass is 16.5. The van der Waals surface area contributed by atoms with Gasteiger partial charge in [-0.15, -0.1) is 0 Å². The maximum Gasteiger partial charge on any atom is 0.227 e. The number of rotatable bonds is 4. The molecule has 0 radical (unpaired) electrons. The number of aryl methyl sites for hydroxylation is 1. The van der Waals surface area contributed by atoms with Crippen molar-refractivity contribution in [2.45, 2.75) is 19.4 Å². The van der Waals surface area contributed by atoms with Gasteiger partial charge >= 0.3 is 0 Å². The number of hydrogen-bond acceptors (Lipinski definition) is 4. The number of amides is 1. The Labute approximate surface area is 120 Å². The van der Waals surface area contributed by atoms with E-state index in [1.54, 1.807) is 0 Å². The molecule has 5 heteroatoms. The minimum absolute atomic E-state index is 0.000553. The molecule has 2 N–H and O–H groups in total. The lowest BCUT2D eigenvalue weighted by Gasteiger charge is -2.23. The molecule has 0 saturated carbocycles. The van der Waals surface area contributed by atoms with E-state index >= 15 is 0 Å². The number of nitrogens with zero attached hydrogens (tertiary/aromatic N) is 1. The third-order valence-electron chi connectivity index (χ3n) is 3.42. The topological polar surface area (TPSA) is 53.6 Å². The summed E-state index contributed by atoms with van der Waals surface area (Å²) in [6, 6.07) is 6.01. The van der Waals surface area contributed by atoms with E-state index in [0.717, 1.165) is 30.0 Å². The van der Waals surface area contributed by atoms with Gasteiger partial charge in [0.15, 0.2) is 0 Å². The summed E-state index contributed by atoms with van der Waals surface area (Å²) >= 11 is 0. The molecule has 1 aliphatic heterocycles. The van der Waals surface area contributed by atoms with Gasteiger partial charge in [-0.1, -0.05) is 0 Å². The number of benzene rings is 1. The van der Waals surface area contributed by atoms with Crippen molar-refractivity contribution in [1.29, 1.82) is 0 Å². The molecule has 1 aromatic carbocycles. The molecule has 1 fully saturated rings. The number of carbonyl (C=O) groups excluding carboxylic acids is 1. The second kappa shape index (κ2) is 6.72. The molecule has 0 bridgehead atoms. The Morgan fingerprint density at radius 2 is 2.30 bits per heavy atom. The van der Waals surface area contributed by atoms with Gasteiger partial charge in [0, 0.05) is 38.6 Å². The summed E-state index contributed by atoms with van der Waals surface area (Å²) in [6.07, 6.45) is 0.368. The molecular weight excluding hydrogens is 254 g/mol. The Kier molecular flexibility index (Phi) is 4.98. The Morgan fingerprint density at radius 3 is 2.90 bits per heavy atom. The van der Waals surface area contributed by atoms with Gasteiger partial charge in [-0.05, 0) is 30.7 Å². The van der Waals surface area contributed by atoms with Crippen LogP contribution < -0.4 is 15.5 Å². The fraction of sp³-hybridized carbons (Fsp3) is 0.533. The largest absolute Gasteiger partial charge is 0.378 e. The van der Waals surface area contributed by atoms with Gasteiger partial charge < -0.3 is 20.3 Å². The van der Waals surface area contributed by atoms with E-state index < -0.39 is 0 Å². The summed E-state index contributed by atoms with van der Waals surface area (Å²) in [6.45, 7) is 4.28.